The van der Waals surface area contributed by atoms with Crippen LogP contribution in [0.25, 0.3) is 0 Å². The summed E-state index contributed by atoms with van der Waals surface area (Å²) in [5.74, 6) is 1.44. The van der Waals surface area contributed by atoms with E-state index in [2.05, 4.69) is 39.9 Å². The number of nitrogens with zero attached hydrogens (tertiary/aromatic N) is 1. The van der Waals surface area contributed by atoms with E-state index in [1.54, 1.807) is 7.05 Å². The molecular formula is C18H30IN3O2. The van der Waals surface area contributed by atoms with Crippen LogP contribution in [0.15, 0.2) is 35.3 Å². The van der Waals surface area contributed by atoms with Crippen molar-refractivity contribution in [3.63, 3.8) is 0 Å². The molecule has 0 saturated carbocycles. The number of aliphatic imine (C=N–C) groups is 1. The Hall–Kier alpha value is -0.860. The molecule has 1 aromatic rings. The maximum atomic E-state index is 5.69. The highest BCUT2D eigenvalue weighted by Crippen LogP contribution is 2.12. The van der Waals surface area contributed by atoms with Gasteiger partial charge in [0.25, 0.3) is 0 Å². The first-order chi connectivity index (χ1) is 11.4. The molecule has 1 heterocycles. The van der Waals surface area contributed by atoms with Crippen molar-refractivity contribution in [3.8, 4) is 0 Å². The van der Waals surface area contributed by atoms with Crippen LogP contribution >= 0.6 is 24.0 Å². The summed E-state index contributed by atoms with van der Waals surface area (Å²) >= 11 is 0. The lowest BCUT2D eigenvalue weighted by atomic mass is 10.1. The van der Waals surface area contributed by atoms with Crippen molar-refractivity contribution in [1.29, 1.82) is 0 Å². The summed E-state index contributed by atoms with van der Waals surface area (Å²) in [4.78, 5) is 4.24. The van der Waals surface area contributed by atoms with Crippen LogP contribution in [0.5, 0.6) is 0 Å². The zero-order valence-corrected chi connectivity index (χ0v) is 16.8. The van der Waals surface area contributed by atoms with E-state index in [1.807, 2.05) is 6.07 Å². The average Bonchev–Trinajstić information content (AvgIpc) is 3.10. The molecule has 0 aliphatic carbocycles. The number of hydrogen-bond donors (Lipinski definition) is 2. The van der Waals surface area contributed by atoms with Gasteiger partial charge >= 0.3 is 0 Å². The minimum Gasteiger partial charge on any atom is -0.381 e. The van der Waals surface area contributed by atoms with E-state index >= 15 is 0 Å². The van der Waals surface area contributed by atoms with Gasteiger partial charge in [0.2, 0.25) is 0 Å². The van der Waals surface area contributed by atoms with Crippen LogP contribution in [0.2, 0.25) is 0 Å². The van der Waals surface area contributed by atoms with Crippen LogP contribution in [-0.2, 0) is 15.9 Å². The van der Waals surface area contributed by atoms with Gasteiger partial charge in [0.05, 0.1) is 13.2 Å². The van der Waals surface area contributed by atoms with E-state index in [0.29, 0.717) is 5.92 Å². The lowest BCUT2D eigenvalue weighted by Crippen LogP contribution is -2.39. The molecule has 0 amide bonds. The van der Waals surface area contributed by atoms with E-state index in [1.165, 1.54) is 5.56 Å². The third kappa shape index (κ3) is 8.84. The van der Waals surface area contributed by atoms with Crippen molar-refractivity contribution in [1.82, 2.24) is 10.6 Å². The molecule has 2 N–H and O–H groups in total. The predicted octanol–water partition coefficient (Wildman–Crippen LogP) is 2.46. The molecule has 1 aromatic carbocycles. The number of rotatable bonds is 9. The fourth-order valence-corrected chi connectivity index (χ4v) is 2.54. The Bertz CT molecular complexity index is 451. The molecule has 1 unspecified atom stereocenters. The molecule has 5 nitrogen and oxygen atoms in total. The molecule has 1 aliphatic heterocycles. The lowest BCUT2D eigenvalue weighted by molar-refractivity contribution is 0.0888. The quantitative estimate of drug-likeness (QED) is 0.264. The number of nitrogens with one attached hydrogen (secondary N) is 2. The average molecular weight is 447 g/mol. The Morgan fingerprint density at radius 1 is 1.25 bits per heavy atom. The summed E-state index contributed by atoms with van der Waals surface area (Å²) in [5.41, 5.74) is 1.33. The lowest BCUT2D eigenvalue weighted by Gasteiger charge is -2.12. The maximum Gasteiger partial charge on any atom is 0.190 e. The Balaban J connectivity index is 0.00000288. The predicted molar refractivity (Wildman–Crippen MR) is 109 cm³/mol. The van der Waals surface area contributed by atoms with Crippen LogP contribution in [-0.4, -0.2) is 52.5 Å². The minimum absolute atomic E-state index is 0. The summed E-state index contributed by atoms with van der Waals surface area (Å²) in [6.07, 6.45) is 3.11. The molecule has 0 bridgehead atoms. The molecule has 0 aromatic heterocycles. The molecule has 0 spiro atoms. The van der Waals surface area contributed by atoms with Gasteiger partial charge in [-0.25, -0.2) is 0 Å². The second-order valence-corrected chi connectivity index (χ2v) is 5.82. The van der Waals surface area contributed by atoms with Crippen molar-refractivity contribution >= 4 is 29.9 Å². The largest absolute Gasteiger partial charge is 0.381 e. The summed E-state index contributed by atoms with van der Waals surface area (Å²) < 4.78 is 11.0. The molecule has 24 heavy (non-hydrogen) atoms. The zero-order chi connectivity index (χ0) is 16.2. The van der Waals surface area contributed by atoms with Crippen molar-refractivity contribution in [2.45, 2.75) is 19.3 Å². The maximum absolute atomic E-state index is 5.69. The first kappa shape index (κ1) is 21.2. The number of guanidine groups is 1. The highest BCUT2D eigenvalue weighted by atomic mass is 127. The summed E-state index contributed by atoms with van der Waals surface area (Å²) in [7, 11) is 1.80. The van der Waals surface area contributed by atoms with Crippen molar-refractivity contribution < 1.29 is 9.47 Å². The highest BCUT2D eigenvalue weighted by molar-refractivity contribution is 14.0. The van der Waals surface area contributed by atoms with E-state index < -0.39 is 0 Å². The number of halogens is 1. The topological polar surface area (TPSA) is 54.9 Å². The van der Waals surface area contributed by atoms with Crippen molar-refractivity contribution in [2.24, 2.45) is 10.9 Å². The number of ether oxygens (including phenoxy) is 2. The van der Waals surface area contributed by atoms with Gasteiger partial charge in [-0.15, -0.1) is 24.0 Å². The summed E-state index contributed by atoms with van der Waals surface area (Å²) in [6, 6.07) is 10.5. The first-order valence-electron chi connectivity index (χ1n) is 8.52. The zero-order valence-electron chi connectivity index (χ0n) is 14.5. The van der Waals surface area contributed by atoms with Gasteiger partial charge in [0, 0.05) is 39.3 Å². The van der Waals surface area contributed by atoms with Gasteiger partial charge in [-0.05, 0) is 24.8 Å². The van der Waals surface area contributed by atoms with Crippen LogP contribution < -0.4 is 10.6 Å². The van der Waals surface area contributed by atoms with E-state index in [0.717, 1.165) is 64.7 Å². The second-order valence-electron chi connectivity index (χ2n) is 5.82. The molecular weight excluding hydrogens is 417 g/mol. The van der Waals surface area contributed by atoms with Gasteiger partial charge < -0.3 is 20.1 Å². The van der Waals surface area contributed by atoms with Crippen molar-refractivity contribution in [2.75, 3.05) is 46.6 Å². The molecule has 0 radical (unpaired) electrons. The highest BCUT2D eigenvalue weighted by Gasteiger charge is 2.15. The normalized spacial score (nSPS) is 17.4. The van der Waals surface area contributed by atoms with E-state index in [-0.39, 0.29) is 24.0 Å². The van der Waals surface area contributed by atoms with E-state index in [9.17, 15) is 0 Å². The first-order valence-corrected chi connectivity index (χ1v) is 8.52. The van der Waals surface area contributed by atoms with Gasteiger partial charge in [-0.2, -0.15) is 0 Å². The SMILES string of the molecule is CN=C(NCCCOCC1CCOC1)NCCc1ccccc1.I. The molecule has 1 saturated heterocycles. The Labute approximate surface area is 162 Å². The standard InChI is InChI=1S/C18H29N3O2.HI/c1-19-18(21-11-8-16-6-3-2-4-7-16)20-10-5-12-22-14-17-9-13-23-15-17;/h2-4,6-7,17H,5,8-15H2,1H3,(H2,19,20,21);1H. The Morgan fingerprint density at radius 3 is 2.75 bits per heavy atom. The number of benzene rings is 1. The molecule has 1 fully saturated rings. The fourth-order valence-electron chi connectivity index (χ4n) is 2.54. The minimum atomic E-state index is 0. The number of hydrogen-bond acceptors (Lipinski definition) is 3. The smallest absolute Gasteiger partial charge is 0.190 e. The summed E-state index contributed by atoms with van der Waals surface area (Å²) in [6.45, 7) is 5.10. The Kier molecular flexibility index (Phi) is 11.9. The van der Waals surface area contributed by atoms with Gasteiger partial charge in [0.15, 0.2) is 5.96 Å². The van der Waals surface area contributed by atoms with Crippen LogP contribution in [0.1, 0.15) is 18.4 Å². The molecule has 2 rings (SSSR count). The van der Waals surface area contributed by atoms with Crippen LogP contribution in [0, 0.1) is 5.92 Å². The molecule has 6 heteroatoms. The molecule has 1 atom stereocenters. The van der Waals surface area contributed by atoms with Gasteiger partial charge in [-0.1, -0.05) is 30.3 Å². The van der Waals surface area contributed by atoms with Gasteiger partial charge in [-0.3, -0.25) is 4.99 Å². The van der Waals surface area contributed by atoms with E-state index in [4.69, 9.17) is 9.47 Å². The third-order valence-electron chi connectivity index (χ3n) is 3.91. The third-order valence-corrected chi connectivity index (χ3v) is 3.91. The van der Waals surface area contributed by atoms with Crippen LogP contribution in [0.4, 0.5) is 0 Å². The second kappa shape index (κ2) is 13.4. The van der Waals surface area contributed by atoms with Gasteiger partial charge in [0.1, 0.15) is 0 Å². The van der Waals surface area contributed by atoms with Crippen LogP contribution in [0.3, 0.4) is 0 Å². The molecule has 136 valence electrons. The summed E-state index contributed by atoms with van der Waals surface area (Å²) in [5, 5.41) is 6.65. The monoisotopic (exact) mass is 447 g/mol. The molecule has 1 aliphatic rings. The van der Waals surface area contributed by atoms with Crippen molar-refractivity contribution in [3.05, 3.63) is 35.9 Å². The fraction of sp³-hybridized carbons (Fsp3) is 0.611. The Morgan fingerprint density at radius 2 is 2.04 bits per heavy atom.